The SMILES string of the molecule is O=C(CCCl)NC(=O)Nc1nccs1. The van der Waals surface area contributed by atoms with Gasteiger partial charge in [0.1, 0.15) is 0 Å². The van der Waals surface area contributed by atoms with Crippen LogP contribution < -0.4 is 10.6 Å². The third-order valence-electron chi connectivity index (χ3n) is 1.23. The summed E-state index contributed by atoms with van der Waals surface area (Å²) in [5.74, 6) is -0.217. The predicted octanol–water partition coefficient (Wildman–Crippen LogP) is 1.42. The molecule has 1 rings (SSSR count). The van der Waals surface area contributed by atoms with Gasteiger partial charge in [0.25, 0.3) is 0 Å². The van der Waals surface area contributed by atoms with Crippen molar-refractivity contribution in [2.45, 2.75) is 6.42 Å². The highest BCUT2D eigenvalue weighted by Crippen LogP contribution is 2.09. The van der Waals surface area contributed by atoms with E-state index < -0.39 is 11.9 Å². The second-order valence-corrected chi connectivity index (χ2v) is 3.55. The lowest BCUT2D eigenvalue weighted by Gasteiger charge is -2.02. The zero-order chi connectivity index (χ0) is 10.4. The van der Waals surface area contributed by atoms with Gasteiger partial charge < -0.3 is 0 Å². The lowest BCUT2D eigenvalue weighted by atomic mass is 10.4. The molecule has 7 heteroatoms. The van der Waals surface area contributed by atoms with E-state index in [1.165, 1.54) is 11.3 Å². The Morgan fingerprint density at radius 3 is 2.93 bits per heavy atom. The number of nitrogens with one attached hydrogen (secondary N) is 2. The molecule has 0 bridgehead atoms. The number of thiazole rings is 1. The van der Waals surface area contributed by atoms with Crippen LogP contribution in [0.15, 0.2) is 11.6 Å². The van der Waals surface area contributed by atoms with Crippen molar-refractivity contribution in [3.63, 3.8) is 0 Å². The quantitative estimate of drug-likeness (QED) is 0.776. The molecular formula is C7H8ClN3O2S. The zero-order valence-electron chi connectivity index (χ0n) is 7.12. The van der Waals surface area contributed by atoms with Gasteiger partial charge in [-0.25, -0.2) is 9.78 Å². The number of anilines is 1. The molecule has 2 N–H and O–H groups in total. The Labute approximate surface area is 89.5 Å². The standard InChI is InChI=1S/C7H8ClN3O2S/c8-2-1-5(12)10-6(13)11-7-9-3-4-14-7/h3-4H,1-2H2,(H2,9,10,11,12,13). The summed E-state index contributed by atoms with van der Waals surface area (Å²) >= 11 is 6.59. The molecule has 0 radical (unpaired) electrons. The molecule has 3 amide bonds. The van der Waals surface area contributed by atoms with E-state index in [4.69, 9.17) is 11.6 Å². The lowest BCUT2D eigenvalue weighted by Crippen LogP contribution is -2.34. The molecule has 0 spiro atoms. The number of carbonyl (C=O) groups excluding carboxylic acids is 2. The maximum absolute atomic E-state index is 11.1. The number of halogens is 1. The Morgan fingerprint density at radius 2 is 2.36 bits per heavy atom. The van der Waals surface area contributed by atoms with Crippen LogP contribution in [0.2, 0.25) is 0 Å². The van der Waals surface area contributed by atoms with Crippen LogP contribution in [0.3, 0.4) is 0 Å². The van der Waals surface area contributed by atoms with Gasteiger partial charge in [0.05, 0.1) is 0 Å². The number of carbonyl (C=O) groups is 2. The van der Waals surface area contributed by atoms with Crippen molar-refractivity contribution < 1.29 is 9.59 Å². The summed E-state index contributed by atoms with van der Waals surface area (Å²) in [6.07, 6.45) is 1.67. The molecule has 1 aromatic rings. The largest absolute Gasteiger partial charge is 0.327 e. The summed E-state index contributed by atoms with van der Waals surface area (Å²) in [4.78, 5) is 25.8. The Kier molecular flexibility index (Phi) is 4.34. The molecule has 76 valence electrons. The zero-order valence-corrected chi connectivity index (χ0v) is 8.69. The van der Waals surface area contributed by atoms with Gasteiger partial charge in [-0.15, -0.1) is 22.9 Å². The summed E-state index contributed by atoms with van der Waals surface area (Å²) in [6.45, 7) is 0. The third kappa shape index (κ3) is 3.71. The summed E-state index contributed by atoms with van der Waals surface area (Å²) < 4.78 is 0. The van der Waals surface area contributed by atoms with E-state index >= 15 is 0 Å². The highest BCUT2D eigenvalue weighted by atomic mass is 35.5. The number of rotatable bonds is 3. The summed E-state index contributed by atoms with van der Waals surface area (Å²) in [5.41, 5.74) is 0. The van der Waals surface area contributed by atoms with Crippen LogP contribution in [-0.2, 0) is 4.79 Å². The van der Waals surface area contributed by atoms with Crippen LogP contribution in [0.4, 0.5) is 9.93 Å². The van der Waals surface area contributed by atoms with Crippen LogP contribution in [-0.4, -0.2) is 22.8 Å². The predicted molar refractivity (Wildman–Crippen MR) is 54.6 cm³/mol. The molecule has 0 aromatic carbocycles. The van der Waals surface area contributed by atoms with Gasteiger partial charge in [-0.05, 0) is 0 Å². The third-order valence-corrected chi connectivity index (χ3v) is 2.10. The van der Waals surface area contributed by atoms with Crippen molar-refractivity contribution in [3.8, 4) is 0 Å². The second-order valence-electron chi connectivity index (χ2n) is 2.28. The average molecular weight is 234 g/mol. The molecule has 0 aliphatic rings. The summed E-state index contributed by atoms with van der Waals surface area (Å²) in [7, 11) is 0. The van der Waals surface area contributed by atoms with Crippen LogP contribution in [0.25, 0.3) is 0 Å². The molecular weight excluding hydrogens is 226 g/mol. The van der Waals surface area contributed by atoms with Crippen molar-refractivity contribution >= 4 is 40.0 Å². The van der Waals surface area contributed by atoms with E-state index in [2.05, 4.69) is 15.6 Å². The molecule has 0 fully saturated rings. The lowest BCUT2D eigenvalue weighted by molar-refractivity contribution is -0.119. The van der Waals surface area contributed by atoms with E-state index in [1.54, 1.807) is 11.6 Å². The van der Waals surface area contributed by atoms with Crippen LogP contribution >= 0.6 is 22.9 Å². The number of alkyl halides is 1. The highest BCUT2D eigenvalue weighted by Gasteiger charge is 2.07. The van der Waals surface area contributed by atoms with E-state index in [-0.39, 0.29) is 12.3 Å². The van der Waals surface area contributed by atoms with Gasteiger partial charge in [-0.2, -0.15) is 0 Å². The van der Waals surface area contributed by atoms with Crippen molar-refractivity contribution in [3.05, 3.63) is 11.6 Å². The first-order valence-corrected chi connectivity index (χ1v) is 5.20. The van der Waals surface area contributed by atoms with Crippen LogP contribution in [0.5, 0.6) is 0 Å². The number of hydrogen-bond donors (Lipinski definition) is 2. The van der Waals surface area contributed by atoms with Gasteiger partial charge in [0.2, 0.25) is 5.91 Å². The number of hydrogen-bond acceptors (Lipinski definition) is 4. The fourth-order valence-corrected chi connectivity index (χ4v) is 1.38. The minimum absolute atomic E-state index is 0.118. The van der Waals surface area contributed by atoms with Crippen LogP contribution in [0, 0.1) is 0 Å². The van der Waals surface area contributed by atoms with Gasteiger partial charge in [-0.3, -0.25) is 15.4 Å². The van der Waals surface area contributed by atoms with E-state index in [9.17, 15) is 9.59 Å². The highest BCUT2D eigenvalue weighted by molar-refractivity contribution is 7.13. The van der Waals surface area contributed by atoms with Crippen LogP contribution in [0.1, 0.15) is 6.42 Å². The van der Waals surface area contributed by atoms with Crippen molar-refractivity contribution in [2.24, 2.45) is 0 Å². The minimum Gasteiger partial charge on any atom is -0.283 e. The number of amides is 3. The maximum atomic E-state index is 11.1. The molecule has 0 unspecified atom stereocenters. The Bertz CT molecular complexity index is 315. The van der Waals surface area contributed by atoms with Gasteiger partial charge in [0.15, 0.2) is 5.13 Å². The first-order valence-electron chi connectivity index (χ1n) is 3.78. The normalized spacial score (nSPS) is 9.50. The molecule has 0 atom stereocenters. The topological polar surface area (TPSA) is 71.1 Å². The molecule has 14 heavy (non-hydrogen) atoms. The second kappa shape index (κ2) is 5.56. The maximum Gasteiger partial charge on any atom is 0.327 e. The molecule has 0 saturated heterocycles. The average Bonchev–Trinajstić information content (AvgIpc) is 2.56. The minimum atomic E-state index is -0.588. The van der Waals surface area contributed by atoms with Crippen molar-refractivity contribution in [2.75, 3.05) is 11.2 Å². The Balaban J connectivity index is 2.33. The smallest absolute Gasteiger partial charge is 0.283 e. The van der Waals surface area contributed by atoms with Crippen molar-refractivity contribution in [1.82, 2.24) is 10.3 Å². The monoisotopic (exact) mass is 233 g/mol. The first kappa shape index (κ1) is 10.9. The Morgan fingerprint density at radius 1 is 1.57 bits per heavy atom. The van der Waals surface area contributed by atoms with Gasteiger partial charge in [-0.1, -0.05) is 0 Å². The molecule has 1 aromatic heterocycles. The van der Waals surface area contributed by atoms with E-state index in [0.29, 0.717) is 5.13 Å². The fourth-order valence-electron chi connectivity index (χ4n) is 0.688. The van der Waals surface area contributed by atoms with Gasteiger partial charge in [0, 0.05) is 23.9 Å². The molecule has 0 saturated carbocycles. The van der Waals surface area contributed by atoms with Gasteiger partial charge >= 0.3 is 6.03 Å². The van der Waals surface area contributed by atoms with Crippen molar-refractivity contribution in [1.29, 1.82) is 0 Å². The van der Waals surface area contributed by atoms with E-state index in [0.717, 1.165) is 0 Å². The first-order chi connectivity index (χ1) is 6.72. The Hall–Kier alpha value is -1.14. The number of aromatic nitrogens is 1. The summed E-state index contributed by atoms with van der Waals surface area (Å²) in [6, 6.07) is -0.588. The molecule has 1 heterocycles. The number of imide groups is 1. The molecule has 0 aliphatic carbocycles. The number of nitrogens with zero attached hydrogens (tertiary/aromatic N) is 1. The fraction of sp³-hybridized carbons (Fsp3) is 0.286. The molecule has 0 aliphatic heterocycles. The number of urea groups is 1. The molecule has 5 nitrogen and oxygen atoms in total. The summed E-state index contributed by atoms with van der Waals surface area (Å²) in [5, 5.41) is 6.68. The van der Waals surface area contributed by atoms with E-state index in [1.807, 2.05) is 0 Å².